The van der Waals surface area contributed by atoms with Gasteiger partial charge in [0.25, 0.3) is 0 Å². The number of rotatable bonds is 6. The van der Waals surface area contributed by atoms with Crippen molar-refractivity contribution in [3.05, 3.63) is 60.7 Å². The number of nitrogens with one attached hydrogen (secondary N) is 2. The summed E-state index contributed by atoms with van der Waals surface area (Å²) in [6.07, 6.45) is 1.66. The molecule has 0 spiro atoms. The van der Waals surface area contributed by atoms with E-state index in [2.05, 4.69) is 22.8 Å². The predicted octanol–water partition coefficient (Wildman–Crippen LogP) is 3.84. The summed E-state index contributed by atoms with van der Waals surface area (Å²) in [5.74, 6) is 0.642. The maximum Gasteiger partial charge on any atom is 0.317 e. The van der Waals surface area contributed by atoms with Crippen LogP contribution in [-0.4, -0.2) is 42.2 Å². The van der Waals surface area contributed by atoms with Crippen LogP contribution in [0.15, 0.2) is 65.6 Å². The number of likely N-dealkylation sites (tertiary alicyclic amines) is 1. The Labute approximate surface area is 164 Å². The van der Waals surface area contributed by atoms with Crippen molar-refractivity contribution in [2.45, 2.75) is 17.7 Å². The number of carbonyl (C=O) groups excluding carboxylic acids is 2. The number of urea groups is 1. The summed E-state index contributed by atoms with van der Waals surface area (Å²) in [6, 6.07) is 19.5. The van der Waals surface area contributed by atoms with Crippen molar-refractivity contribution in [1.82, 2.24) is 10.2 Å². The van der Waals surface area contributed by atoms with E-state index in [1.165, 1.54) is 4.90 Å². The summed E-state index contributed by atoms with van der Waals surface area (Å²) >= 11 is 1.72. The summed E-state index contributed by atoms with van der Waals surface area (Å²) in [5, 5.41) is 5.91. The van der Waals surface area contributed by atoms with E-state index < -0.39 is 0 Å². The third-order valence-corrected chi connectivity index (χ3v) is 5.52. The van der Waals surface area contributed by atoms with Gasteiger partial charge in [0.2, 0.25) is 5.91 Å². The predicted molar refractivity (Wildman–Crippen MR) is 110 cm³/mol. The van der Waals surface area contributed by atoms with Gasteiger partial charge in [0.15, 0.2) is 0 Å². The van der Waals surface area contributed by atoms with Gasteiger partial charge in [-0.2, -0.15) is 0 Å². The van der Waals surface area contributed by atoms with Crippen LogP contribution in [0.5, 0.6) is 0 Å². The standard InChI is InChI=1S/C21H25N3O2S/c25-20(23-18-9-3-1-4-10-18)17-8-7-14-24(16-17)21(26)22-13-15-27-19-11-5-2-6-12-19/h1-6,9-12,17H,7-8,13-16H2,(H,22,26)(H,23,25). The normalized spacial score (nSPS) is 16.6. The van der Waals surface area contributed by atoms with E-state index in [0.29, 0.717) is 19.6 Å². The Hall–Kier alpha value is -2.47. The largest absolute Gasteiger partial charge is 0.337 e. The first-order valence-electron chi connectivity index (χ1n) is 9.29. The Morgan fingerprint density at radius 1 is 1.04 bits per heavy atom. The van der Waals surface area contributed by atoms with Gasteiger partial charge in [-0.1, -0.05) is 36.4 Å². The van der Waals surface area contributed by atoms with Gasteiger partial charge in [-0.25, -0.2) is 4.79 Å². The van der Waals surface area contributed by atoms with Crippen molar-refractivity contribution in [2.24, 2.45) is 5.92 Å². The fourth-order valence-electron chi connectivity index (χ4n) is 3.10. The Kier molecular flexibility index (Phi) is 7.16. The van der Waals surface area contributed by atoms with Crippen LogP contribution in [0.3, 0.4) is 0 Å². The molecule has 3 rings (SSSR count). The van der Waals surface area contributed by atoms with E-state index in [1.807, 2.05) is 48.5 Å². The average Bonchev–Trinajstić information content (AvgIpc) is 2.72. The lowest BCUT2D eigenvalue weighted by Crippen LogP contribution is -2.48. The molecule has 3 amide bonds. The van der Waals surface area contributed by atoms with Crippen molar-refractivity contribution < 1.29 is 9.59 Å². The van der Waals surface area contributed by atoms with E-state index in [1.54, 1.807) is 16.7 Å². The van der Waals surface area contributed by atoms with Gasteiger partial charge >= 0.3 is 6.03 Å². The topological polar surface area (TPSA) is 61.4 Å². The highest BCUT2D eigenvalue weighted by Gasteiger charge is 2.28. The summed E-state index contributed by atoms with van der Waals surface area (Å²) < 4.78 is 0. The molecule has 1 heterocycles. The molecule has 1 aliphatic heterocycles. The number of amides is 3. The minimum Gasteiger partial charge on any atom is -0.337 e. The monoisotopic (exact) mass is 383 g/mol. The van der Waals surface area contributed by atoms with Gasteiger partial charge in [0.05, 0.1) is 5.92 Å². The average molecular weight is 384 g/mol. The molecule has 0 aliphatic carbocycles. The van der Waals surface area contributed by atoms with Crippen LogP contribution in [0.1, 0.15) is 12.8 Å². The zero-order chi connectivity index (χ0) is 18.9. The van der Waals surface area contributed by atoms with Crippen LogP contribution in [0, 0.1) is 5.92 Å². The first-order chi connectivity index (χ1) is 13.2. The van der Waals surface area contributed by atoms with E-state index in [4.69, 9.17) is 0 Å². The Morgan fingerprint density at radius 3 is 2.48 bits per heavy atom. The first kappa shape index (κ1) is 19.3. The highest BCUT2D eigenvalue weighted by Crippen LogP contribution is 2.19. The molecule has 0 saturated carbocycles. The van der Waals surface area contributed by atoms with E-state index in [9.17, 15) is 9.59 Å². The zero-order valence-corrected chi connectivity index (χ0v) is 16.1. The van der Waals surface area contributed by atoms with Crippen molar-refractivity contribution in [3.8, 4) is 0 Å². The molecule has 2 aromatic carbocycles. The maximum absolute atomic E-state index is 12.5. The van der Waals surface area contributed by atoms with Gasteiger partial charge < -0.3 is 15.5 Å². The Bertz CT molecular complexity index is 740. The number of para-hydroxylation sites is 1. The van der Waals surface area contributed by atoms with Crippen LogP contribution < -0.4 is 10.6 Å². The second kappa shape index (κ2) is 10.0. The molecule has 5 nitrogen and oxygen atoms in total. The molecule has 0 radical (unpaired) electrons. The zero-order valence-electron chi connectivity index (χ0n) is 15.3. The lowest BCUT2D eigenvalue weighted by molar-refractivity contribution is -0.121. The molecule has 0 aromatic heterocycles. The molecule has 2 aromatic rings. The molecule has 0 bridgehead atoms. The Morgan fingerprint density at radius 2 is 1.74 bits per heavy atom. The summed E-state index contributed by atoms with van der Waals surface area (Å²) in [5.41, 5.74) is 0.794. The van der Waals surface area contributed by atoms with Gasteiger partial charge in [0.1, 0.15) is 0 Å². The number of hydrogen-bond donors (Lipinski definition) is 2. The van der Waals surface area contributed by atoms with Crippen molar-refractivity contribution in [3.63, 3.8) is 0 Å². The minimum absolute atomic E-state index is 0.0154. The molecule has 1 saturated heterocycles. The molecule has 27 heavy (non-hydrogen) atoms. The van der Waals surface area contributed by atoms with Gasteiger partial charge in [-0.15, -0.1) is 11.8 Å². The highest BCUT2D eigenvalue weighted by atomic mass is 32.2. The fraction of sp³-hybridized carbons (Fsp3) is 0.333. The van der Waals surface area contributed by atoms with Crippen molar-refractivity contribution in [1.29, 1.82) is 0 Å². The molecule has 1 unspecified atom stereocenters. The number of thioether (sulfide) groups is 1. The van der Waals surface area contributed by atoms with Gasteiger partial charge in [-0.3, -0.25) is 4.79 Å². The summed E-state index contributed by atoms with van der Waals surface area (Å²) in [7, 11) is 0. The third-order valence-electron chi connectivity index (χ3n) is 4.51. The van der Waals surface area contributed by atoms with Crippen LogP contribution in [0.2, 0.25) is 0 Å². The number of nitrogens with zero attached hydrogens (tertiary/aromatic N) is 1. The van der Waals surface area contributed by atoms with Crippen LogP contribution in [0.4, 0.5) is 10.5 Å². The maximum atomic E-state index is 12.5. The molecule has 6 heteroatoms. The number of piperidine rings is 1. The highest BCUT2D eigenvalue weighted by molar-refractivity contribution is 7.99. The van der Waals surface area contributed by atoms with E-state index in [-0.39, 0.29) is 17.9 Å². The quantitative estimate of drug-likeness (QED) is 0.589. The molecule has 1 atom stereocenters. The SMILES string of the molecule is O=C(Nc1ccccc1)C1CCCN(C(=O)NCCSc2ccccc2)C1. The molecule has 1 aliphatic rings. The summed E-state index contributed by atoms with van der Waals surface area (Å²) in [6.45, 7) is 1.78. The molecule has 142 valence electrons. The Balaban J connectivity index is 1.41. The smallest absolute Gasteiger partial charge is 0.317 e. The number of benzene rings is 2. The second-order valence-electron chi connectivity index (χ2n) is 6.53. The number of hydrogen-bond acceptors (Lipinski definition) is 3. The van der Waals surface area contributed by atoms with Crippen molar-refractivity contribution >= 4 is 29.4 Å². The molecular formula is C21H25N3O2S. The van der Waals surface area contributed by atoms with Gasteiger partial charge in [-0.05, 0) is 37.1 Å². The molecular weight excluding hydrogens is 358 g/mol. The first-order valence-corrected chi connectivity index (χ1v) is 10.3. The minimum atomic E-state index is -0.164. The van der Waals surface area contributed by atoms with Gasteiger partial charge in [0, 0.05) is 36.0 Å². The summed E-state index contributed by atoms with van der Waals surface area (Å²) in [4.78, 5) is 27.8. The third kappa shape index (κ3) is 6.03. The lowest BCUT2D eigenvalue weighted by atomic mass is 9.97. The molecule has 2 N–H and O–H groups in total. The van der Waals surface area contributed by atoms with Crippen LogP contribution in [0.25, 0.3) is 0 Å². The number of anilines is 1. The van der Waals surface area contributed by atoms with Crippen LogP contribution in [-0.2, 0) is 4.79 Å². The van der Waals surface area contributed by atoms with Crippen LogP contribution >= 0.6 is 11.8 Å². The second-order valence-corrected chi connectivity index (χ2v) is 7.70. The fourth-order valence-corrected chi connectivity index (χ4v) is 3.89. The van der Waals surface area contributed by atoms with Crippen molar-refractivity contribution in [2.75, 3.05) is 30.7 Å². The molecule has 1 fully saturated rings. The number of carbonyl (C=O) groups is 2. The van der Waals surface area contributed by atoms with E-state index >= 15 is 0 Å². The van der Waals surface area contributed by atoms with E-state index in [0.717, 1.165) is 24.3 Å². The lowest BCUT2D eigenvalue weighted by Gasteiger charge is -2.32.